The molecule has 0 fully saturated rings. The number of hydrogen-bond acceptors (Lipinski definition) is 5. The Bertz CT molecular complexity index is 392. The van der Waals surface area contributed by atoms with Gasteiger partial charge >= 0.3 is 12.0 Å². The lowest BCUT2D eigenvalue weighted by Gasteiger charge is -2.11. The van der Waals surface area contributed by atoms with Crippen molar-refractivity contribution in [3.05, 3.63) is 5.01 Å². The fourth-order valence-electron chi connectivity index (χ4n) is 0.977. The number of carbonyl (C=O) groups excluding carboxylic acids is 1. The maximum absolute atomic E-state index is 11.3. The number of hydrogen-bond donors (Lipinski definition) is 3. The predicted molar refractivity (Wildman–Crippen MR) is 58.5 cm³/mol. The van der Waals surface area contributed by atoms with Crippen molar-refractivity contribution in [1.29, 1.82) is 0 Å². The molecule has 1 aromatic heterocycles. The molecule has 0 unspecified atom stereocenters. The first-order valence-electron chi connectivity index (χ1n) is 4.63. The van der Waals surface area contributed by atoms with E-state index in [2.05, 4.69) is 20.8 Å². The molecule has 0 saturated heterocycles. The second-order valence-corrected chi connectivity index (χ2v) is 4.21. The van der Waals surface area contributed by atoms with Crippen molar-refractivity contribution in [1.82, 2.24) is 15.5 Å². The minimum Gasteiger partial charge on any atom is -0.480 e. The van der Waals surface area contributed by atoms with Crippen molar-refractivity contribution >= 4 is 28.5 Å². The summed E-state index contributed by atoms with van der Waals surface area (Å²) in [7, 11) is 0. The molecule has 1 atom stereocenters. The lowest BCUT2D eigenvalue weighted by atomic mass is 10.2. The van der Waals surface area contributed by atoms with Gasteiger partial charge < -0.3 is 10.4 Å². The standard InChI is InChI=1S/C8H12N4O3S/c1-3-5(6(13)14)9-7(15)10-8-12-11-4(2)16-8/h5H,3H2,1-2H3,(H,13,14)(H2,9,10,12,15)/t5-/m1/s1. The Labute approximate surface area is 95.9 Å². The number of nitrogens with zero attached hydrogens (tertiary/aromatic N) is 2. The number of carboxylic acids is 1. The molecule has 0 aliphatic heterocycles. The highest BCUT2D eigenvalue weighted by Crippen LogP contribution is 2.13. The Balaban J connectivity index is 2.50. The number of carboxylic acid groups (broad SMARTS) is 1. The Morgan fingerprint density at radius 3 is 2.62 bits per heavy atom. The zero-order valence-corrected chi connectivity index (χ0v) is 9.67. The van der Waals surface area contributed by atoms with Gasteiger partial charge in [0.05, 0.1) is 0 Å². The van der Waals surface area contributed by atoms with Gasteiger partial charge in [0.15, 0.2) is 0 Å². The molecular weight excluding hydrogens is 232 g/mol. The average Bonchev–Trinajstić information content (AvgIpc) is 2.60. The summed E-state index contributed by atoms with van der Waals surface area (Å²) in [6, 6.07) is -1.49. The molecule has 0 saturated carbocycles. The highest BCUT2D eigenvalue weighted by Gasteiger charge is 2.17. The molecule has 0 bridgehead atoms. The Kier molecular flexibility index (Phi) is 4.18. The number of aliphatic carboxylic acids is 1. The van der Waals surface area contributed by atoms with Gasteiger partial charge in [-0.25, -0.2) is 9.59 Å². The Morgan fingerprint density at radius 1 is 1.50 bits per heavy atom. The molecule has 2 amide bonds. The third-order valence-electron chi connectivity index (χ3n) is 1.76. The fraction of sp³-hybridized carbons (Fsp3) is 0.500. The van der Waals surface area contributed by atoms with Gasteiger partial charge in [-0.05, 0) is 13.3 Å². The average molecular weight is 244 g/mol. The van der Waals surface area contributed by atoms with Crippen LogP contribution in [0.4, 0.5) is 9.93 Å². The summed E-state index contributed by atoms with van der Waals surface area (Å²) in [5.41, 5.74) is 0. The van der Waals surface area contributed by atoms with E-state index >= 15 is 0 Å². The summed E-state index contributed by atoms with van der Waals surface area (Å²) in [5, 5.41) is 21.9. The van der Waals surface area contributed by atoms with Gasteiger partial charge in [0.25, 0.3) is 0 Å². The zero-order valence-electron chi connectivity index (χ0n) is 8.85. The third-order valence-corrected chi connectivity index (χ3v) is 2.51. The molecule has 7 nitrogen and oxygen atoms in total. The number of rotatable bonds is 4. The molecule has 8 heteroatoms. The van der Waals surface area contributed by atoms with E-state index in [0.29, 0.717) is 11.6 Å². The minimum absolute atomic E-state index is 0.317. The molecule has 88 valence electrons. The van der Waals surface area contributed by atoms with E-state index in [0.717, 1.165) is 5.01 Å². The van der Waals surface area contributed by atoms with E-state index in [4.69, 9.17) is 5.11 Å². The monoisotopic (exact) mass is 244 g/mol. The first-order chi connectivity index (χ1) is 7.52. The van der Waals surface area contributed by atoms with Crippen molar-refractivity contribution < 1.29 is 14.7 Å². The van der Waals surface area contributed by atoms with E-state index in [1.165, 1.54) is 11.3 Å². The largest absolute Gasteiger partial charge is 0.480 e. The van der Waals surface area contributed by atoms with Crippen LogP contribution in [-0.4, -0.2) is 33.3 Å². The molecule has 16 heavy (non-hydrogen) atoms. The van der Waals surface area contributed by atoms with E-state index in [1.54, 1.807) is 13.8 Å². The number of anilines is 1. The van der Waals surface area contributed by atoms with Crippen molar-refractivity contribution in [2.24, 2.45) is 0 Å². The first-order valence-corrected chi connectivity index (χ1v) is 5.45. The number of amides is 2. The molecule has 0 aliphatic rings. The van der Waals surface area contributed by atoms with Gasteiger partial charge in [0.1, 0.15) is 11.0 Å². The number of nitrogens with one attached hydrogen (secondary N) is 2. The topological polar surface area (TPSA) is 104 Å². The second kappa shape index (κ2) is 5.40. The van der Waals surface area contributed by atoms with Crippen molar-refractivity contribution in [2.75, 3.05) is 5.32 Å². The lowest BCUT2D eigenvalue weighted by molar-refractivity contribution is -0.139. The number of carbonyl (C=O) groups is 2. The van der Waals surface area contributed by atoms with Crippen molar-refractivity contribution in [3.63, 3.8) is 0 Å². The van der Waals surface area contributed by atoms with Crippen molar-refractivity contribution in [2.45, 2.75) is 26.3 Å². The van der Waals surface area contributed by atoms with Crippen molar-refractivity contribution in [3.8, 4) is 0 Å². The van der Waals surface area contributed by atoms with Crippen LogP contribution in [0.1, 0.15) is 18.4 Å². The van der Waals surface area contributed by atoms with Crippen LogP contribution in [0.25, 0.3) is 0 Å². The number of aromatic nitrogens is 2. The predicted octanol–water partition coefficient (Wildman–Crippen LogP) is 0.831. The van der Waals surface area contributed by atoms with Gasteiger partial charge in [-0.1, -0.05) is 18.3 Å². The van der Waals surface area contributed by atoms with Crippen LogP contribution in [0.2, 0.25) is 0 Å². The van der Waals surface area contributed by atoms with Crippen LogP contribution in [0.3, 0.4) is 0 Å². The summed E-state index contributed by atoms with van der Waals surface area (Å²) in [5.74, 6) is -1.06. The molecule has 1 heterocycles. The molecule has 0 aromatic carbocycles. The summed E-state index contributed by atoms with van der Waals surface area (Å²) >= 11 is 1.22. The van der Waals surface area contributed by atoms with Gasteiger partial charge in [0, 0.05) is 0 Å². The van der Waals surface area contributed by atoms with Crippen LogP contribution < -0.4 is 10.6 Å². The SMILES string of the molecule is CC[C@@H](NC(=O)Nc1nnc(C)s1)C(=O)O. The van der Waals surface area contributed by atoms with E-state index in [-0.39, 0.29) is 0 Å². The molecule has 3 N–H and O–H groups in total. The van der Waals surface area contributed by atoms with E-state index in [9.17, 15) is 9.59 Å². The lowest BCUT2D eigenvalue weighted by Crippen LogP contribution is -2.42. The third kappa shape index (κ3) is 3.46. The fourth-order valence-corrected chi connectivity index (χ4v) is 1.56. The summed E-state index contributed by atoms with van der Waals surface area (Å²) < 4.78 is 0. The minimum atomic E-state index is -1.06. The number of urea groups is 1. The smallest absolute Gasteiger partial charge is 0.326 e. The Hall–Kier alpha value is -1.70. The second-order valence-electron chi connectivity index (χ2n) is 3.02. The van der Waals surface area contributed by atoms with E-state index in [1.807, 2.05) is 0 Å². The van der Waals surface area contributed by atoms with Gasteiger partial charge in [0.2, 0.25) is 5.13 Å². The summed E-state index contributed by atoms with van der Waals surface area (Å²) in [6.45, 7) is 3.43. The molecule has 1 aromatic rings. The summed E-state index contributed by atoms with van der Waals surface area (Å²) in [4.78, 5) is 22.0. The molecule has 0 spiro atoms. The van der Waals surface area contributed by atoms with Crippen LogP contribution in [0.5, 0.6) is 0 Å². The molecule has 0 aliphatic carbocycles. The summed E-state index contributed by atoms with van der Waals surface area (Å²) in [6.07, 6.45) is 0.317. The Morgan fingerprint density at radius 2 is 2.19 bits per heavy atom. The highest BCUT2D eigenvalue weighted by atomic mass is 32.1. The maximum Gasteiger partial charge on any atom is 0.326 e. The quantitative estimate of drug-likeness (QED) is 0.727. The van der Waals surface area contributed by atoms with Gasteiger partial charge in [-0.15, -0.1) is 10.2 Å². The molecule has 1 rings (SSSR count). The van der Waals surface area contributed by atoms with Crippen LogP contribution in [0, 0.1) is 6.92 Å². The van der Waals surface area contributed by atoms with Gasteiger partial charge in [-0.3, -0.25) is 5.32 Å². The maximum atomic E-state index is 11.3. The first kappa shape index (κ1) is 12.4. The highest BCUT2D eigenvalue weighted by molar-refractivity contribution is 7.15. The van der Waals surface area contributed by atoms with Crippen LogP contribution >= 0.6 is 11.3 Å². The van der Waals surface area contributed by atoms with Crippen LogP contribution in [-0.2, 0) is 4.79 Å². The normalized spacial score (nSPS) is 11.9. The number of aryl methyl sites for hydroxylation is 1. The zero-order chi connectivity index (χ0) is 12.1. The molecule has 0 radical (unpaired) electrons. The molecular formula is C8H12N4O3S. The van der Waals surface area contributed by atoms with Gasteiger partial charge in [-0.2, -0.15) is 0 Å². The van der Waals surface area contributed by atoms with Crippen LogP contribution in [0.15, 0.2) is 0 Å². The van der Waals surface area contributed by atoms with E-state index < -0.39 is 18.0 Å².